The zero-order valence-corrected chi connectivity index (χ0v) is 20.2. The lowest BCUT2D eigenvalue weighted by molar-refractivity contribution is -0.124. The van der Waals surface area contributed by atoms with Crippen LogP contribution in [0.1, 0.15) is 17.0 Å². The van der Waals surface area contributed by atoms with Gasteiger partial charge in [-0.2, -0.15) is 0 Å². The van der Waals surface area contributed by atoms with Gasteiger partial charge in [-0.1, -0.05) is 103 Å². The molecule has 6 nitrogen and oxygen atoms in total. The number of nitrogens with one attached hydrogen (secondary N) is 3. The minimum atomic E-state index is -0.551. The predicted molar refractivity (Wildman–Crippen MR) is 144 cm³/mol. The van der Waals surface area contributed by atoms with Gasteiger partial charge in [0.25, 0.3) is 5.91 Å². The van der Waals surface area contributed by atoms with Crippen LogP contribution in [0.5, 0.6) is 5.75 Å². The molecule has 2 amide bonds. The van der Waals surface area contributed by atoms with Gasteiger partial charge in [0, 0.05) is 0 Å². The smallest absolute Gasteiger partial charge is 0.276 e. The average molecular weight is 496 g/mol. The van der Waals surface area contributed by atoms with Crippen molar-refractivity contribution >= 4 is 29.1 Å². The lowest BCUT2D eigenvalue weighted by Crippen LogP contribution is -2.50. The van der Waals surface area contributed by atoms with Crippen molar-refractivity contribution < 1.29 is 14.3 Å². The Kier molecular flexibility index (Phi) is 8.40. The van der Waals surface area contributed by atoms with Gasteiger partial charge in [0.2, 0.25) is 5.91 Å². The van der Waals surface area contributed by atoms with Gasteiger partial charge in [-0.3, -0.25) is 20.4 Å². The highest BCUT2D eigenvalue weighted by Gasteiger charge is 2.23. The van der Waals surface area contributed by atoms with Crippen LogP contribution in [0, 0.1) is 0 Å². The van der Waals surface area contributed by atoms with E-state index in [4.69, 9.17) is 17.0 Å². The van der Waals surface area contributed by atoms with E-state index in [-0.39, 0.29) is 17.6 Å². The van der Waals surface area contributed by atoms with Crippen molar-refractivity contribution in [1.29, 1.82) is 0 Å². The van der Waals surface area contributed by atoms with Crippen LogP contribution < -0.4 is 20.9 Å². The van der Waals surface area contributed by atoms with E-state index in [1.807, 2.05) is 103 Å². The summed E-state index contributed by atoms with van der Waals surface area (Å²) in [5.74, 6) is -0.741. The number of carbonyl (C=O) groups is 2. The molecule has 0 radical (unpaired) electrons. The molecular formula is C29H25N3O3S. The summed E-state index contributed by atoms with van der Waals surface area (Å²) in [5.41, 5.74) is 8.82. The van der Waals surface area contributed by atoms with Crippen molar-refractivity contribution in [2.75, 3.05) is 6.61 Å². The number of rotatable bonds is 7. The van der Waals surface area contributed by atoms with E-state index in [0.717, 1.165) is 22.3 Å². The van der Waals surface area contributed by atoms with Gasteiger partial charge in [0.05, 0.1) is 5.92 Å². The van der Waals surface area contributed by atoms with Crippen LogP contribution in [0.4, 0.5) is 0 Å². The first-order chi connectivity index (χ1) is 17.6. The number of hydrazine groups is 1. The van der Waals surface area contributed by atoms with Crippen LogP contribution in [0.25, 0.3) is 11.1 Å². The molecule has 0 aromatic heterocycles. The van der Waals surface area contributed by atoms with E-state index in [0.29, 0.717) is 5.75 Å². The molecule has 0 spiro atoms. The maximum Gasteiger partial charge on any atom is 0.276 e. The third-order valence-corrected chi connectivity index (χ3v) is 5.62. The first kappa shape index (κ1) is 24.6. The molecule has 0 fully saturated rings. The van der Waals surface area contributed by atoms with Crippen LogP contribution in [0.2, 0.25) is 0 Å². The molecule has 0 saturated carbocycles. The van der Waals surface area contributed by atoms with Crippen LogP contribution in [-0.2, 0) is 9.59 Å². The third kappa shape index (κ3) is 6.77. The maximum atomic E-state index is 13.1. The Morgan fingerprint density at radius 2 is 1.17 bits per heavy atom. The summed E-state index contributed by atoms with van der Waals surface area (Å²) in [6.45, 7) is -0.217. The topological polar surface area (TPSA) is 79.5 Å². The molecule has 3 N–H and O–H groups in total. The Labute approximate surface area is 215 Å². The molecule has 0 aliphatic carbocycles. The first-order valence-corrected chi connectivity index (χ1v) is 11.8. The Hall–Kier alpha value is -4.49. The predicted octanol–water partition coefficient (Wildman–Crippen LogP) is 4.59. The Bertz CT molecular complexity index is 1260. The second-order valence-corrected chi connectivity index (χ2v) is 8.33. The highest BCUT2D eigenvalue weighted by Crippen LogP contribution is 2.25. The second-order valence-electron chi connectivity index (χ2n) is 7.93. The second kappa shape index (κ2) is 12.3. The number of benzene rings is 4. The van der Waals surface area contributed by atoms with Gasteiger partial charge in [-0.05, 0) is 46.6 Å². The third-order valence-electron chi connectivity index (χ3n) is 5.41. The van der Waals surface area contributed by atoms with Crippen molar-refractivity contribution in [2.45, 2.75) is 5.92 Å². The normalized spacial score (nSPS) is 10.4. The summed E-state index contributed by atoms with van der Waals surface area (Å²) in [4.78, 5) is 25.3. The van der Waals surface area contributed by atoms with Crippen molar-refractivity contribution in [3.63, 3.8) is 0 Å². The molecule has 0 heterocycles. The van der Waals surface area contributed by atoms with E-state index in [1.165, 1.54) is 0 Å². The van der Waals surface area contributed by atoms with Crippen LogP contribution in [-0.4, -0.2) is 23.5 Å². The molecular weight excluding hydrogens is 470 g/mol. The minimum Gasteiger partial charge on any atom is -0.484 e. The summed E-state index contributed by atoms with van der Waals surface area (Å²) in [7, 11) is 0. The molecule has 0 aliphatic rings. The Morgan fingerprint density at radius 1 is 0.667 bits per heavy atom. The minimum absolute atomic E-state index is 0.0163. The van der Waals surface area contributed by atoms with Gasteiger partial charge >= 0.3 is 0 Å². The number of ether oxygens (including phenoxy) is 1. The fourth-order valence-electron chi connectivity index (χ4n) is 3.69. The molecule has 4 aromatic rings. The largest absolute Gasteiger partial charge is 0.484 e. The lowest BCUT2D eigenvalue weighted by atomic mass is 9.90. The van der Waals surface area contributed by atoms with E-state index in [2.05, 4.69) is 16.2 Å². The summed E-state index contributed by atoms with van der Waals surface area (Å²) in [6, 6.07) is 36.3. The Morgan fingerprint density at radius 3 is 1.72 bits per heavy atom. The molecule has 0 atom stereocenters. The first-order valence-electron chi connectivity index (χ1n) is 11.4. The molecule has 7 heteroatoms. The van der Waals surface area contributed by atoms with Gasteiger partial charge in [0.1, 0.15) is 5.75 Å². The quantitative estimate of drug-likeness (QED) is 0.258. The van der Waals surface area contributed by atoms with Gasteiger partial charge in [-0.15, -0.1) is 0 Å². The lowest BCUT2D eigenvalue weighted by Gasteiger charge is -2.19. The Balaban J connectivity index is 1.27. The molecule has 4 aromatic carbocycles. The highest BCUT2D eigenvalue weighted by atomic mass is 32.1. The number of thiocarbonyl (C=S) groups is 1. The van der Waals surface area contributed by atoms with Crippen LogP contribution in [0.15, 0.2) is 115 Å². The zero-order chi connectivity index (χ0) is 25.2. The maximum absolute atomic E-state index is 13.1. The monoisotopic (exact) mass is 495 g/mol. The summed E-state index contributed by atoms with van der Waals surface area (Å²) < 4.78 is 5.54. The highest BCUT2D eigenvalue weighted by molar-refractivity contribution is 7.80. The molecule has 0 bridgehead atoms. The van der Waals surface area contributed by atoms with Crippen molar-refractivity contribution in [3.05, 3.63) is 126 Å². The molecule has 4 rings (SSSR count). The summed E-state index contributed by atoms with van der Waals surface area (Å²) >= 11 is 5.21. The van der Waals surface area contributed by atoms with Crippen molar-refractivity contribution in [1.82, 2.24) is 16.2 Å². The average Bonchev–Trinajstić information content (AvgIpc) is 2.93. The van der Waals surface area contributed by atoms with E-state index in [1.54, 1.807) is 12.1 Å². The van der Waals surface area contributed by atoms with Crippen LogP contribution >= 0.6 is 12.2 Å². The van der Waals surface area contributed by atoms with Crippen LogP contribution in [0.3, 0.4) is 0 Å². The SMILES string of the molecule is O=C(COc1ccc(-c2ccccc2)cc1)NNC(=S)NC(=O)C(c1ccccc1)c1ccccc1. The fourth-order valence-corrected chi connectivity index (χ4v) is 3.84. The fraction of sp³-hybridized carbons (Fsp3) is 0.0690. The summed E-state index contributed by atoms with van der Waals surface area (Å²) in [6.07, 6.45) is 0. The standard InChI is InChI=1S/C29H25N3O3S/c33-26(20-35-25-18-16-22(17-19-25)21-10-4-1-5-11-21)31-32-29(36)30-28(34)27(23-12-6-2-7-13-23)24-14-8-3-9-15-24/h1-19,27H,20H2,(H,31,33)(H2,30,32,34,36). The van der Waals surface area contributed by atoms with Gasteiger partial charge in [-0.25, -0.2) is 0 Å². The number of hydrogen-bond acceptors (Lipinski definition) is 4. The molecule has 36 heavy (non-hydrogen) atoms. The number of amides is 2. The zero-order valence-electron chi connectivity index (χ0n) is 19.4. The molecule has 0 saturated heterocycles. The van der Waals surface area contributed by atoms with Gasteiger partial charge < -0.3 is 10.1 Å². The molecule has 0 aliphatic heterocycles. The van der Waals surface area contributed by atoms with E-state index >= 15 is 0 Å². The molecule has 180 valence electrons. The molecule has 0 unspecified atom stereocenters. The summed E-state index contributed by atoms with van der Waals surface area (Å²) in [5, 5.41) is 2.64. The van der Waals surface area contributed by atoms with Crippen molar-refractivity contribution in [3.8, 4) is 16.9 Å². The van der Waals surface area contributed by atoms with E-state index in [9.17, 15) is 9.59 Å². The number of hydrogen-bond donors (Lipinski definition) is 3. The van der Waals surface area contributed by atoms with Crippen molar-refractivity contribution in [2.24, 2.45) is 0 Å². The van der Waals surface area contributed by atoms with Gasteiger partial charge in [0.15, 0.2) is 11.7 Å². The van der Waals surface area contributed by atoms with E-state index < -0.39 is 11.8 Å². The number of carbonyl (C=O) groups excluding carboxylic acids is 2.